The van der Waals surface area contributed by atoms with Crippen molar-refractivity contribution in [3.05, 3.63) is 25.3 Å². The fourth-order valence-corrected chi connectivity index (χ4v) is 0.431. The van der Waals surface area contributed by atoms with Gasteiger partial charge in [-0.15, -0.1) is 13.2 Å². The molecule has 0 aromatic heterocycles. The molecule has 0 rings (SSSR count). The third-order valence-electron chi connectivity index (χ3n) is 0.893. The van der Waals surface area contributed by atoms with Crippen LogP contribution in [0, 0.1) is 0 Å². The van der Waals surface area contributed by atoms with Gasteiger partial charge in [-0.3, -0.25) is 0 Å². The minimum absolute atomic E-state index is 0.0911. The van der Waals surface area contributed by atoms with Crippen LogP contribution in [0.1, 0.15) is 0 Å². The molecule has 1 N–H and O–H groups in total. The Hall–Kier alpha value is -0.970. The standard InChI is InChI=1S/C5H10O2.C5H8O2/c2*1-2-4-7-5-3-6/h2,6H,1,3-5H2;2-3H,1,4-5H2. The van der Waals surface area contributed by atoms with Crippen LogP contribution in [0.3, 0.4) is 0 Å². The van der Waals surface area contributed by atoms with Crippen molar-refractivity contribution in [2.45, 2.75) is 0 Å². The fraction of sp³-hybridized carbons (Fsp3) is 0.500. The summed E-state index contributed by atoms with van der Waals surface area (Å²) in [5.74, 6) is 0. The van der Waals surface area contributed by atoms with Gasteiger partial charge in [-0.25, -0.2) is 0 Å². The molecule has 0 spiro atoms. The van der Waals surface area contributed by atoms with Gasteiger partial charge < -0.3 is 19.4 Å². The van der Waals surface area contributed by atoms with Crippen LogP contribution in [0.2, 0.25) is 0 Å². The van der Waals surface area contributed by atoms with Crippen LogP contribution in [0.4, 0.5) is 0 Å². The van der Waals surface area contributed by atoms with Crippen LogP contribution in [0.15, 0.2) is 25.3 Å². The SMILES string of the molecule is C=CCOCC=O.C=CCOCCO. The first-order valence-corrected chi connectivity index (χ1v) is 4.25. The normalized spacial score (nSPS) is 8.36. The van der Waals surface area contributed by atoms with Crippen LogP contribution in [0.5, 0.6) is 0 Å². The first-order chi connectivity index (χ1) is 6.83. The zero-order valence-electron chi connectivity index (χ0n) is 8.35. The lowest BCUT2D eigenvalue weighted by Gasteiger charge is -1.92. The predicted octanol–water partition coefficient (Wildman–Crippen LogP) is 0.569. The number of aldehydes is 1. The molecule has 0 aromatic rings. The quantitative estimate of drug-likeness (QED) is 0.355. The fourth-order valence-electron chi connectivity index (χ4n) is 0.431. The maximum absolute atomic E-state index is 9.52. The molecule has 4 nitrogen and oxygen atoms in total. The van der Waals surface area contributed by atoms with Crippen molar-refractivity contribution >= 4 is 6.29 Å². The summed E-state index contributed by atoms with van der Waals surface area (Å²) >= 11 is 0. The van der Waals surface area contributed by atoms with Crippen molar-refractivity contribution in [3.8, 4) is 0 Å². The van der Waals surface area contributed by atoms with Crippen LogP contribution in [-0.2, 0) is 14.3 Å². The number of carbonyl (C=O) groups excluding carboxylic acids is 1. The Morgan fingerprint density at radius 2 is 1.64 bits per heavy atom. The van der Waals surface area contributed by atoms with E-state index >= 15 is 0 Å². The van der Waals surface area contributed by atoms with Crippen molar-refractivity contribution in [1.82, 2.24) is 0 Å². The van der Waals surface area contributed by atoms with E-state index in [1.807, 2.05) is 0 Å². The predicted molar refractivity (Wildman–Crippen MR) is 55.2 cm³/mol. The summed E-state index contributed by atoms with van der Waals surface area (Å²) in [7, 11) is 0. The molecule has 0 fully saturated rings. The van der Waals surface area contributed by atoms with E-state index < -0.39 is 0 Å². The lowest BCUT2D eigenvalue weighted by molar-refractivity contribution is -0.111. The minimum Gasteiger partial charge on any atom is -0.394 e. The van der Waals surface area contributed by atoms with Crippen LogP contribution in [-0.4, -0.2) is 44.4 Å². The van der Waals surface area contributed by atoms with E-state index in [0.29, 0.717) is 26.1 Å². The third kappa shape index (κ3) is 22.5. The van der Waals surface area contributed by atoms with Crippen molar-refractivity contribution < 1.29 is 19.4 Å². The zero-order chi connectivity index (χ0) is 11.1. The van der Waals surface area contributed by atoms with Gasteiger partial charge in [0.2, 0.25) is 0 Å². The molecule has 0 saturated carbocycles. The molecule has 0 aromatic carbocycles. The average molecular weight is 202 g/mol. The lowest BCUT2D eigenvalue weighted by atomic mass is 10.7. The Morgan fingerprint density at radius 3 is 2.07 bits per heavy atom. The second kappa shape index (κ2) is 17.9. The van der Waals surface area contributed by atoms with E-state index in [1.165, 1.54) is 0 Å². The summed E-state index contributed by atoms with van der Waals surface area (Å²) in [6.07, 6.45) is 3.96. The molecule has 0 saturated heterocycles. The molecule has 0 unspecified atom stereocenters. The average Bonchev–Trinajstić information content (AvgIpc) is 2.21. The van der Waals surface area contributed by atoms with E-state index in [4.69, 9.17) is 9.84 Å². The van der Waals surface area contributed by atoms with Crippen LogP contribution >= 0.6 is 0 Å². The van der Waals surface area contributed by atoms with Gasteiger partial charge in [-0.2, -0.15) is 0 Å². The number of hydrogen-bond donors (Lipinski definition) is 1. The maximum atomic E-state index is 9.52. The molecule has 0 aliphatic rings. The molecule has 4 heteroatoms. The molecule has 14 heavy (non-hydrogen) atoms. The Bertz CT molecular complexity index is 126. The Morgan fingerprint density at radius 1 is 1.07 bits per heavy atom. The van der Waals surface area contributed by atoms with Crippen molar-refractivity contribution in [1.29, 1.82) is 0 Å². The number of aliphatic hydroxyl groups is 1. The van der Waals surface area contributed by atoms with Gasteiger partial charge in [0.25, 0.3) is 0 Å². The first-order valence-electron chi connectivity index (χ1n) is 4.25. The molecule has 0 aliphatic carbocycles. The molecule has 0 bridgehead atoms. The highest BCUT2D eigenvalue weighted by atomic mass is 16.5. The molecule has 0 amide bonds. The highest BCUT2D eigenvalue weighted by Crippen LogP contribution is 1.70. The maximum Gasteiger partial charge on any atom is 0.145 e. The van der Waals surface area contributed by atoms with Crippen molar-refractivity contribution in [3.63, 3.8) is 0 Å². The molecular formula is C10H18O4. The van der Waals surface area contributed by atoms with Gasteiger partial charge in [0, 0.05) is 0 Å². The van der Waals surface area contributed by atoms with Gasteiger partial charge in [-0.05, 0) is 0 Å². The third-order valence-corrected chi connectivity index (χ3v) is 0.893. The number of carbonyl (C=O) groups is 1. The number of ether oxygens (including phenoxy) is 2. The second-order valence-corrected chi connectivity index (χ2v) is 2.08. The largest absolute Gasteiger partial charge is 0.394 e. The van der Waals surface area contributed by atoms with E-state index in [-0.39, 0.29) is 13.2 Å². The van der Waals surface area contributed by atoms with Crippen molar-refractivity contribution in [2.75, 3.05) is 33.0 Å². The molecule has 82 valence electrons. The van der Waals surface area contributed by atoms with Crippen LogP contribution in [0.25, 0.3) is 0 Å². The van der Waals surface area contributed by atoms with E-state index in [2.05, 4.69) is 17.9 Å². The van der Waals surface area contributed by atoms with Crippen LogP contribution < -0.4 is 0 Å². The van der Waals surface area contributed by atoms with Gasteiger partial charge in [0.15, 0.2) is 0 Å². The Kier molecular flexibility index (Phi) is 19.9. The summed E-state index contributed by atoms with van der Waals surface area (Å²) in [5, 5.41) is 8.13. The Labute approximate surface area is 84.8 Å². The topological polar surface area (TPSA) is 55.8 Å². The highest BCUT2D eigenvalue weighted by Gasteiger charge is 1.76. The second-order valence-electron chi connectivity index (χ2n) is 2.08. The first kappa shape index (κ1) is 15.5. The van der Waals surface area contributed by atoms with Crippen molar-refractivity contribution in [2.24, 2.45) is 0 Å². The van der Waals surface area contributed by atoms with Gasteiger partial charge in [-0.1, -0.05) is 12.2 Å². The summed E-state index contributed by atoms with van der Waals surface area (Å²) in [5.41, 5.74) is 0. The number of rotatable bonds is 8. The zero-order valence-corrected chi connectivity index (χ0v) is 8.35. The number of hydrogen-bond acceptors (Lipinski definition) is 4. The molecule has 0 radical (unpaired) electrons. The van der Waals surface area contributed by atoms with Gasteiger partial charge in [0.1, 0.15) is 12.9 Å². The summed E-state index contributed by atoms with van der Waals surface area (Å²) in [6.45, 7) is 8.48. The molecular weight excluding hydrogens is 184 g/mol. The Balaban J connectivity index is 0. The monoisotopic (exact) mass is 202 g/mol. The van der Waals surface area contributed by atoms with E-state index in [9.17, 15) is 4.79 Å². The van der Waals surface area contributed by atoms with Gasteiger partial charge >= 0.3 is 0 Å². The molecule has 0 heterocycles. The summed E-state index contributed by atoms with van der Waals surface area (Å²) in [6, 6.07) is 0. The molecule has 0 atom stereocenters. The highest BCUT2D eigenvalue weighted by molar-refractivity contribution is 5.50. The van der Waals surface area contributed by atoms with E-state index in [0.717, 1.165) is 0 Å². The smallest absolute Gasteiger partial charge is 0.145 e. The van der Waals surface area contributed by atoms with E-state index in [1.54, 1.807) is 12.2 Å². The van der Waals surface area contributed by atoms with Gasteiger partial charge in [0.05, 0.1) is 26.4 Å². The number of aliphatic hydroxyl groups excluding tert-OH is 1. The lowest BCUT2D eigenvalue weighted by Crippen LogP contribution is -1.97. The minimum atomic E-state index is 0.0911. The molecule has 0 aliphatic heterocycles. The summed E-state index contributed by atoms with van der Waals surface area (Å²) < 4.78 is 9.41. The summed E-state index contributed by atoms with van der Waals surface area (Å²) in [4.78, 5) is 9.52.